The van der Waals surface area contributed by atoms with Crippen molar-refractivity contribution in [3.63, 3.8) is 0 Å². The van der Waals surface area contributed by atoms with Gasteiger partial charge in [0.15, 0.2) is 0 Å². The zero-order valence-corrected chi connectivity index (χ0v) is 11.1. The van der Waals surface area contributed by atoms with E-state index in [-0.39, 0.29) is 11.8 Å². The van der Waals surface area contributed by atoms with Gasteiger partial charge in [0.1, 0.15) is 0 Å². The first-order valence-electron chi connectivity index (χ1n) is 6.43. The number of hydrogen-bond donors (Lipinski definition) is 1. The molecule has 0 saturated carbocycles. The van der Waals surface area contributed by atoms with Crippen LogP contribution in [0.15, 0.2) is 36.4 Å². The maximum Gasteiger partial charge on any atom is 0.223 e. The standard InChI is InChI=1S/C15H18ClNO/c16-14-8-6-12(7-9-14)10-11-17-15(18)13-4-2-1-3-5-13/h1-2,6-9,13H,3-5,10-11H2,(H,17,18)/t13-/m0/s1. The SMILES string of the molecule is O=C(NCCc1ccc(Cl)cc1)[C@H]1CC=CCC1. The second-order valence-electron chi connectivity index (χ2n) is 4.65. The van der Waals surface area contributed by atoms with Gasteiger partial charge in [-0.1, -0.05) is 35.9 Å². The Morgan fingerprint density at radius 3 is 2.72 bits per heavy atom. The van der Waals surface area contributed by atoms with E-state index in [1.807, 2.05) is 24.3 Å². The topological polar surface area (TPSA) is 29.1 Å². The molecule has 1 amide bonds. The molecule has 1 aliphatic rings. The monoisotopic (exact) mass is 263 g/mol. The van der Waals surface area contributed by atoms with Crippen molar-refractivity contribution < 1.29 is 4.79 Å². The molecule has 0 radical (unpaired) electrons. The van der Waals surface area contributed by atoms with Crippen LogP contribution in [0, 0.1) is 5.92 Å². The van der Waals surface area contributed by atoms with Gasteiger partial charge in [-0.2, -0.15) is 0 Å². The molecule has 0 heterocycles. The van der Waals surface area contributed by atoms with E-state index in [1.54, 1.807) is 0 Å². The molecule has 3 heteroatoms. The minimum atomic E-state index is 0.167. The number of hydrogen-bond acceptors (Lipinski definition) is 1. The summed E-state index contributed by atoms with van der Waals surface area (Å²) in [7, 11) is 0. The number of benzene rings is 1. The molecule has 18 heavy (non-hydrogen) atoms. The van der Waals surface area contributed by atoms with Crippen molar-refractivity contribution >= 4 is 17.5 Å². The molecule has 1 atom stereocenters. The van der Waals surface area contributed by atoms with Gasteiger partial charge in [0.25, 0.3) is 0 Å². The third-order valence-corrected chi connectivity index (χ3v) is 3.52. The largest absolute Gasteiger partial charge is 0.356 e. The van der Waals surface area contributed by atoms with E-state index in [1.165, 1.54) is 5.56 Å². The second kappa shape index (κ2) is 6.60. The summed E-state index contributed by atoms with van der Waals surface area (Å²) in [5, 5.41) is 3.76. The quantitative estimate of drug-likeness (QED) is 0.830. The summed E-state index contributed by atoms with van der Waals surface area (Å²) >= 11 is 5.82. The van der Waals surface area contributed by atoms with Crippen molar-refractivity contribution in [2.75, 3.05) is 6.54 Å². The number of nitrogens with one attached hydrogen (secondary N) is 1. The van der Waals surface area contributed by atoms with Crippen LogP contribution in [0.2, 0.25) is 5.02 Å². The Hall–Kier alpha value is -1.28. The van der Waals surface area contributed by atoms with Gasteiger partial charge in [-0.05, 0) is 43.4 Å². The predicted octanol–water partition coefficient (Wildman–Crippen LogP) is 3.36. The first-order valence-corrected chi connectivity index (χ1v) is 6.80. The van der Waals surface area contributed by atoms with Crippen molar-refractivity contribution in [3.05, 3.63) is 47.0 Å². The molecule has 0 bridgehead atoms. The average molecular weight is 264 g/mol. The molecule has 0 unspecified atom stereocenters. The Labute approximate surface area is 113 Å². The Kier molecular flexibility index (Phi) is 4.82. The molecule has 0 aromatic heterocycles. The molecular formula is C15H18ClNO. The Balaban J connectivity index is 1.73. The first-order chi connectivity index (χ1) is 8.75. The lowest BCUT2D eigenvalue weighted by atomic mass is 9.93. The maximum atomic E-state index is 11.9. The lowest BCUT2D eigenvalue weighted by Gasteiger charge is -2.17. The van der Waals surface area contributed by atoms with E-state index < -0.39 is 0 Å². The fourth-order valence-corrected chi connectivity index (χ4v) is 2.28. The molecule has 1 aromatic carbocycles. The van der Waals surface area contributed by atoms with Crippen LogP contribution in [0.1, 0.15) is 24.8 Å². The zero-order chi connectivity index (χ0) is 12.8. The van der Waals surface area contributed by atoms with E-state index in [4.69, 9.17) is 11.6 Å². The Bertz CT molecular complexity index is 425. The molecule has 1 aromatic rings. The van der Waals surface area contributed by atoms with E-state index >= 15 is 0 Å². The van der Waals surface area contributed by atoms with Crippen molar-refractivity contribution in [3.8, 4) is 0 Å². The number of halogens is 1. The minimum Gasteiger partial charge on any atom is -0.356 e. The Morgan fingerprint density at radius 1 is 1.28 bits per heavy atom. The highest BCUT2D eigenvalue weighted by Gasteiger charge is 2.17. The molecular weight excluding hydrogens is 246 g/mol. The maximum absolute atomic E-state index is 11.9. The van der Waals surface area contributed by atoms with Gasteiger partial charge >= 0.3 is 0 Å². The molecule has 0 fully saturated rings. The smallest absolute Gasteiger partial charge is 0.223 e. The van der Waals surface area contributed by atoms with Gasteiger partial charge in [0.2, 0.25) is 5.91 Å². The molecule has 1 N–H and O–H groups in total. The number of allylic oxidation sites excluding steroid dienone is 2. The van der Waals surface area contributed by atoms with E-state index in [0.717, 1.165) is 30.7 Å². The van der Waals surface area contributed by atoms with Crippen molar-refractivity contribution in [2.24, 2.45) is 5.92 Å². The van der Waals surface area contributed by atoms with Gasteiger partial charge in [-0.3, -0.25) is 4.79 Å². The number of carbonyl (C=O) groups is 1. The van der Waals surface area contributed by atoms with Crippen LogP contribution in [0.3, 0.4) is 0 Å². The van der Waals surface area contributed by atoms with Crippen LogP contribution in [0.5, 0.6) is 0 Å². The molecule has 2 rings (SSSR count). The highest BCUT2D eigenvalue weighted by atomic mass is 35.5. The summed E-state index contributed by atoms with van der Waals surface area (Å²) in [6, 6.07) is 7.75. The zero-order valence-electron chi connectivity index (χ0n) is 10.4. The molecule has 0 spiro atoms. The second-order valence-corrected chi connectivity index (χ2v) is 5.09. The van der Waals surface area contributed by atoms with Gasteiger partial charge in [-0.25, -0.2) is 0 Å². The summed E-state index contributed by atoms with van der Waals surface area (Å²) in [6.07, 6.45) is 7.99. The van der Waals surface area contributed by atoms with Gasteiger partial charge in [0, 0.05) is 17.5 Å². The molecule has 0 aliphatic heterocycles. The van der Waals surface area contributed by atoms with E-state index in [2.05, 4.69) is 17.5 Å². The van der Waals surface area contributed by atoms with Crippen molar-refractivity contribution in [1.82, 2.24) is 5.32 Å². The van der Waals surface area contributed by atoms with E-state index in [0.29, 0.717) is 6.54 Å². The van der Waals surface area contributed by atoms with Crippen LogP contribution in [-0.2, 0) is 11.2 Å². The summed E-state index contributed by atoms with van der Waals surface area (Å²) in [4.78, 5) is 11.9. The van der Waals surface area contributed by atoms with Crippen LogP contribution in [0.4, 0.5) is 0 Å². The summed E-state index contributed by atoms with van der Waals surface area (Å²) < 4.78 is 0. The first kappa shape index (κ1) is 13.2. The number of rotatable bonds is 4. The average Bonchev–Trinajstić information content (AvgIpc) is 2.42. The van der Waals surface area contributed by atoms with Crippen molar-refractivity contribution in [2.45, 2.75) is 25.7 Å². The van der Waals surface area contributed by atoms with Gasteiger partial charge in [-0.15, -0.1) is 0 Å². The molecule has 96 valence electrons. The fourth-order valence-electron chi connectivity index (χ4n) is 2.16. The van der Waals surface area contributed by atoms with Crippen LogP contribution in [0.25, 0.3) is 0 Å². The van der Waals surface area contributed by atoms with E-state index in [9.17, 15) is 4.79 Å². The molecule has 2 nitrogen and oxygen atoms in total. The lowest BCUT2D eigenvalue weighted by molar-refractivity contribution is -0.125. The number of carbonyl (C=O) groups excluding carboxylic acids is 1. The van der Waals surface area contributed by atoms with Crippen molar-refractivity contribution in [1.29, 1.82) is 0 Å². The fraction of sp³-hybridized carbons (Fsp3) is 0.400. The highest BCUT2D eigenvalue weighted by molar-refractivity contribution is 6.30. The summed E-state index contributed by atoms with van der Waals surface area (Å²) in [5.41, 5.74) is 1.20. The number of amides is 1. The molecule has 0 saturated heterocycles. The third kappa shape index (κ3) is 3.88. The van der Waals surface area contributed by atoms with Crippen LogP contribution in [-0.4, -0.2) is 12.5 Å². The summed E-state index contributed by atoms with van der Waals surface area (Å²) in [5.74, 6) is 0.355. The highest BCUT2D eigenvalue weighted by Crippen LogP contribution is 2.18. The Morgan fingerprint density at radius 2 is 2.06 bits per heavy atom. The lowest BCUT2D eigenvalue weighted by Crippen LogP contribution is -2.32. The predicted molar refractivity (Wildman–Crippen MR) is 74.6 cm³/mol. The third-order valence-electron chi connectivity index (χ3n) is 3.27. The minimum absolute atomic E-state index is 0.167. The van der Waals surface area contributed by atoms with Gasteiger partial charge < -0.3 is 5.32 Å². The normalized spacial score (nSPS) is 18.6. The van der Waals surface area contributed by atoms with Crippen LogP contribution < -0.4 is 5.32 Å². The summed E-state index contributed by atoms with van der Waals surface area (Å²) in [6.45, 7) is 0.695. The van der Waals surface area contributed by atoms with Crippen LogP contribution >= 0.6 is 11.6 Å². The molecule has 1 aliphatic carbocycles. The van der Waals surface area contributed by atoms with Gasteiger partial charge in [0.05, 0.1) is 0 Å².